The lowest BCUT2D eigenvalue weighted by Crippen LogP contribution is -2.29. The van der Waals surface area contributed by atoms with Crippen molar-refractivity contribution in [2.75, 3.05) is 13.2 Å². The lowest BCUT2D eigenvalue weighted by Gasteiger charge is -2.30. The summed E-state index contributed by atoms with van der Waals surface area (Å²) in [6, 6.07) is 16.7. The van der Waals surface area contributed by atoms with Crippen molar-refractivity contribution in [2.45, 2.75) is 65.2 Å². The topological polar surface area (TPSA) is 114 Å². The maximum atomic E-state index is 13.0. The highest BCUT2D eigenvalue weighted by molar-refractivity contribution is 7.78. The van der Waals surface area contributed by atoms with Gasteiger partial charge < -0.3 is 13.7 Å². The molecule has 11 heteroatoms. The summed E-state index contributed by atoms with van der Waals surface area (Å²) in [5.74, 6) is -0.0382. The van der Waals surface area contributed by atoms with E-state index in [2.05, 4.69) is 68.8 Å². The summed E-state index contributed by atoms with van der Waals surface area (Å²) >= 11 is -2.47. The minimum Gasteiger partial charge on any atom is -0.490 e. The molecule has 0 amide bonds. The summed E-state index contributed by atoms with van der Waals surface area (Å²) in [5.41, 5.74) is 1.98. The van der Waals surface area contributed by atoms with Crippen LogP contribution < -0.4 is 14.5 Å². The SMILES string of the molecule is [C-]#[N+]c1ccc2nnn(S(=O)Oc3ccccc3C(=O)OCCOc3ccc(C(C)(C)CC)cc3C(C)(C)CC)c(=O)c2c1. The van der Waals surface area contributed by atoms with E-state index in [1.54, 1.807) is 12.1 Å². The summed E-state index contributed by atoms with van der Waals surface area (Å²) in [4.78, 5) is 29.2. The van der Waals surface area contributed by atoms with E-state index < -0.39 is 22.8 Å². The van der Waals surface area contributed by atoms with Crippen LogP contribution in [0, 0.1) is 6.57 Å². The molecule has 3 aromatic carbocycles. The smallest absolute Gasteiger partial charge is 0.344 e. The first-order chi connectivity index (χ1) is 20.9. The van der Waals surface area contributed by atoms with Crippen LogP contribution in [0.4, 0.5) is 5.69 Å². The number of hydrogen-bond acceptors (Lipinski definition) is 8. The fraction of sp³-hybridized carbons (Fsp3) is 0.364. The van der Waals surface area contributed by atoms with Crippen molar-refractivity contribution in [2.24, 2.45) is 0 Å². The molecule has 0 spiro atoms. The maximum absolute atomic E-state index is 13.0. The number of nitrogens with zero attached hydrogens (tertiary/aromatic N) is 4. The van der Waals surface area contributed by atoms with Crippen molar-refractivity contribution in [1.82, 2.24) is 14.4 Å². The molecule has 0 fully saturated rings. The van der Waals surface area contributed by atoms with Crippen molar-refractivity contribution >= 4 is 33.8 Å². The highest BCUT2D eigenvalue weighted by Gasteiger charge is 2.27. The van der Waals surface area contributed by atoms with Crippen molar-refractivity contribution in [3.63, 3.8) is 0 Å². The second-order valence-electron chi connectivity index (χ2n) is 11.5. The lowest BCUT2D eigenvalue weighted by atomic mass is 9.76. The van der Waals surface area contributed by atoms with Crippen LogP contribution >= 0.6 is 0 Å². The van der Waals surface area contributed by atoms with Crippen LogP contribution in [0.1, 0.15) is 75.9 Å². The zero-order valence-corrected chi connectivity index (χ0v) is 26.6. The summed E-state index contributed by atoms with van der Waals surface area (Å²) in [5, 5.41) is 7.65. The van der Waals surface area contributed by atoms with E-state index in [4.69, 9.17) is 20.2 Å². The fourth-order valence-electron chi connectivity index (χ4n) is 4.37. The predicted octanol–water partition coefficient (Wildman–Crippen LogP) is 6.46. The molecule has 4 rings (SSSR count). The van der Waals surface area contributed by atoms with Gasteiger partial charge in [-0.3, -0.25) is 4.79 Å². The number of benzene rings is 3. The van der Waals surface area contributed by atoms with E-state index in [0.717, 1.165) is 24.2 Å². The van der Waals surface area contributed by atoms with Gasteiger partial charge in [0.05, 0.1) is 17.5 Å². The molecule has 1 unspecified atom stereocenters. The van der Waals surface area contributed by atoms with Gasteiger partial charge in [-0.1, -0.05) is 76.0 Å². The van der Waals surface area contributed by atoms with Crippen LogP contribution in [0.25, 0.3) is 15.7 Å². The Morgan fingerprint density at radius 3 is 2.39 bits per heavy atom. The Hall–Kier alpha value is -4.56. The largest absolute Gasteiger partial charge is 0.490 e. The fourth-order valence-corrected chi connectivity index (χ4v) is 5.07. The third-order valence-electron chi connectivity index (χ3n) is 7.99. The predicted molar refractivity (Wildman–Crippen MR) is 170 cm³/mol. The molecule has 1 aromatic heterocycles. The Morgan fingerprint density at radius 1 is 0.955 bits per heavy atom. The number of hydrogen-bond donors (Lipinski definition) is 0. The van der Waals surface area contributed by atoms with Crippen molar-refractivity contribution in [3.8, 4) is 11.5 Å². The lowest BCUT2D eigenvalue weighted by molar-refractivity contribution is 0.0447. The minimum absolute atomic E-state index is 0.0110. The summed E-state index contributed by atoms with van der Waals surface area (Å²) in [6.45, 7) is 20.4. The number of para-hydroxylation sites is 1. The van der Waals surface area contributed by atoms with Gasteiger partial charge in [-0.05, 0) is 64.8 Å². The average molecular weight is 617 g/mol. The average Bonchev–Trinajstić information content (AvgIpc) is 3.03. The molecule has 0 aliphatic heterocycles. The first kappa shape index (κ1) is 32.4. The summed E-state index contributed by atoms with van der Waals surface area (Å²) < 4.78 is 30.6. The van der Waals surface area contributed by atoms with Crippen LogP contribution in [0.3, 0.4) is 0 Å². The van der Waals surface area contributed by atoms with E-state index in [0.29, 0.717) is 4.09 Å². The molecular weight excluding hydrogens is 580 g/mol. The highest BCUT2D eigenvalue weighted by Crippen LogP contribution is 2.38. The molecule has 0 aliphatic rings. The van der Waals surface area contributed by atoms with Crippen LogP contribution in [-0.4, -0.2) is 37.8 Å². The zero-order valence-electron chi connectivity index (χ0n) is 25.7. The Labute approximate surface area is 259 Å². The monoisotopic (exact) mass is 616 g/mol. The quantitative estimate of drug-likeness (QED) is 0.101. The van der Waals surface area contributed by atoms with Gasteiger partial charge in [0, 0.05) is 5.56 Å². The Kier molecular flexibility index (Phi) is 9.85. The van der Waals surface area contributed by atoms with E-state index in [9.17, 15) is 13.8 Å². The second-order valence-corrected chi connectivity index (χ2v) is 12.5. The minimum atomic E-state index is -2.47. The van der Waals surface area contributed by atoms with Gasteiger partial charge >= 0.3 is 17.2 Å². The first-order valence-electron chi connectivity index (χ1n) is 14.3. The number of carbonyl (C=O) groups excluding carboxylic acids is 1. The second kappa shape index (κ2) is 13.4. The van der Waals surface area contributed by atoms with Gasteiger partial charge in [0.25, 0.3) is 5.56 Å². The van der Waals surface area contributed by atoms with Gasteiger partial charge in [0.15, 0.2) is 11.4 Å². The van der Waals surface area contributed by atoms with E-state index in [1.165, 1.54) is 35.9 Å². The molecule has 230 valence electrons. The van der Waals surface area contributed by atoms with Gasteiger partial charge in [-0.15, -0.1) is 5.10 Å². The zero-order chi connectivity index (χ0) is 32.1. The molecule has 0 N–H and O–H groups in total. The third kappa shape index (κ3) is 6.97. The Balaban J connectivity index is 1.45. The number of rotatable bonds is 12. The molecule has 0 bridgehead atoms. The Morgan fingerprint density at radius 2 is 1.68 bits per heavy atom. The van der Waals surface area contributed by atoms with Gasteiger partial charge in [-0.2, -0.15) is 4.21 Å². The van der Waals surface area contributed by atoms with Gasteiger partial charge in [0.1, 0.15) is 24.5 Å². The normalized spacial score (nSPS) is 12.4. The molecule has 0 saturated heterocycles. The Bertz CT molecular complexity index is 1810. The molecule has 0 aliphatic carbocycles. The molecule has 0 saturated carbocycles. The van der Waals surface area contributed by atoms with Crippen molar-refractivity contribution in [1.29, 1.82) is 0 Å². The maximum Gasteiger partial charge on any atom is 0.344 e. The van der Waals surface area contributed by atoms with Gasteiger partial charge in [0.2, 0.25) is 0 Å². The van der Waals surface area contributed by atoms with Gasteiger partial charge in [-0.25, -0.2) is 9.64 Å². The van der Waals surface area contributed by atoms with Crippen molar-refractivity contribution < 1.29 is 22.7 Å². The van der Waals surface area contributed by atoms with Crippen LogP contribution in [-0.2, 0) is 26.8 Å². The molecule has 1 heterocycles. The third-order valence-corrected chi connectivity index (χ3v) is 8.83. The van der Waals surface area contributed by atoms with E-state index >= 15 is 0 Å². The van der Waals surface area contributed by atoms with Crippen LogP contribution in [0.2, 0.25) is 0 Å². The van der Waals surface area contributed by atoms with E-state index in [1.807, 2.05) is 6.07 Å². The van der Waals surface area contributed by atoms with Crippen molar-refractivity contribution in [3.05, 3.63) is 99.1 Å². The highest BCUT2D eigenvalue weighted by atomic mass is 32.2. The molecule has 10 nitrogen and oxygen atoms in total. The number of esters is 1. The number of aromatic nitrogens is 3. The van der Waals surface area contributed by atoms with E-state index in [-0.39, 0.29) is 51.9 Å². The number of fused-ring (bicyclic) bond motifs is 1. The van der Waals surface area contributed by atoms with Crippen LogP contribution in [0.15, 0.2) is 65.5 Å². The molecule has 0 radical (unpaired) electrons. The number of ether oxygens (including phenoxy) is 2. The molecule has 4 aromatic rings. The molecule has 1 atom stereocenters. The summed E-state index contributed by atoms with van der Waals surface area (Å²) in [7, 11) is 0. The number of carbonyl (C=O) groups is 1. The molecular formula is C33H36N4O6S. The van der Waals surface area contributed by atoms with Crippen LogP contribution in [0.5, 0.6) is 11.5 Å². The molecule has 44 heavy (non-hydrogen) atoms. The first-order valence-corrected chi connectivity index (χ1v) is 15.4. The standard InChI is InChI=1S/C33H36N4O6S/c1-8-32(3,4)22-14-17-29(26(20-22)33(5,6)9-2)41-18-19-42-31(39)24-12-10-11-13-28(24)43-44(40)37-30(38)25-21-23(34-7)15-16-27(25)35-36-37/h10-17,20-21H,8-9,18-19H2,1-6H3. The summed E-state index contributed by atoms with van der Waals surface area (Å²) in [6.07, 6.45) is 1.93.